The Morgan fingerprint density at radius 2 is 1.83 bits per heavy atom. The van der Waals surface area contributed by atoms with Gasteiger partial charge in [-0.25, -0.2) is 0 Å². The van der Waals surface area contributed by atoms with E-state index >= 15 is 0 Å². The van der Waals surface area contributed by atoms with Crippen molar-refractivity contribution in [1.82, 2.24) is 4.90 Å². The number of aliphatic hydroxyl groups excluding tert-OH is 2. The molecule has 3 fully saturated rings. The molecule has 3 rings (SSSR count). The molecule has 0 bridgehead atoms. The van der Waals surface area contributed by atoms with Crippen molar-refractivity contribution in [3.63, 3.8) is 0 Å². The van der Waals surface area contributed by atoms with Crippen LogP contribution in [0.2, 0.25) is 0 Å². The Bertz CT molecular complexity index is 334. The molecule has 1 aliphatic heterocycles. The minimum atomic E-state index is -0.832. The van der Waals surface area contributed by atoms with E-state index in [1.165, 1.54) is 0 Å². The van der Waals surface area contributed by atoms with Gasteiger partial charge in [0, 0.05) is 6.54 Å². The Balaban J connectivity index is 1.76. The van der Waals surface area contributed by atoms with E-state index in [0.717, 1.165) is 44.9 Å². The van der Waals surface area contributed by atoms with Crippen LogP contribution < -0.4 is 0 Å². The van der Waals surface area contributed by atoms with Gasteiger partial charge in [-0.1, -0.05) is 19.3 Å². The van der Waals surface area contributed by atoms with Gasteiger partial charge in [0.15, 0.2) is 0 Å². The molecule has 2 saturated carbocycles. The van der Waals surface area contributed by atoms with Gasteiger partial charge in [-0.05, 0) is 38.0 Å². The SMILES string of the molecule is O=C(C(O)C1CCC1)N1CCC(O)C12CCCC2. The third-order valence-corrected chi connectivity index (χ3v) is 5.37. The number of aliphatic hydroxyl groups is 2. The number of carbonyl (C=O) groups is 1. The summed E-state index contributed by atoms with van der Waals surface area (Å²) in [7, 11) is 0. The highest BCUT2D eigenvalue weighted by atomic mass is 16.3. The molecule has 4 heteroatoms. The first-order chi connectivity index (χ1) is 8.65. The summed E-state index contributed by atoms with van der Waals surface area (Å²) in [6, 6.07) is 0. The zero-order chi connectivity index (χ0) is 12.8. The van der Waals surface area contributed by atoms with Crippen molar-refractivity contribution in [3.8, 4) is 0 Å². The lowest BCUT2D eigenvalue weighted by Crippen LogP contribution is -2.55. The molecule has 4 nitrogen and oxygen atoms in total. The van der Waals surface area contributed by atoms with E-state index in [1.807, 2.05) is 4.90 Å². The van der Waals surface area contributed by atoms with Crippen LogP contribution >= 0.6 is 0 Å². The van der Waals surface area contributed by atoms with Crippen molar-refractivity contribution in [2.45, 2.75) is 69.1 Å². The summed E-state index contributed by atoms with van der Waals surface area (Å²) >= 11 is 0. The first kappa shape index (κ1) is 12.4. The van der Waals surface area contributed by atoms with Crippen molar-refractivity contribution in [2.24, 2.45) is 5.92 Å². The molecule has 0 aromatic rings. The minimum Gasteiger partial charge on any atom is -0.391 e. The number of hydrogen-bond acceptors (Lipinski definition) is 3. The van der Waals surface area contributed by atoms with Crippen LogP contribution in [0.5, 0.6) is 0 Å². The topological polar surface area (TPSA) is 60.8 Å². The minimum absolute atomic E-state index is 0.127. The summed E-state index contributed by atoms with van der Waals surface area (Å²) in [6.45, 7) is 0.615. The van der Waals surface area contributed by atoms with E-state index in [-0.39, 0.29) is 17.4 Å². The molecular formula is C14H23NO3. The molecule has 1 heterocycles. The third-order valence-electron chi connectivity index (χ3n) is 5.37. The fourth-order valence-corrected chi connectivity index (χ4v) is 3.96. The van der Waals surface area contributed by atoms with Gasteiger partial charge in [-0.15, -0.1) is 0 Å². The lowest BCUT2D eigenvalue weighted by atomic mass is 9.80. The summed E-state index contributed by atoms with van der Waals surface area (Å²) < 4.78 is 0. The smallest absolute Gasteiger partial charge is 0.252 e. The lowest BCUT2D eigenvalue weighted by Gasteiger charge is -2.40. The van der Waals surface area contributed by atoms with E-state index in [0.29, 0.717) is 13.0 Å². The fraction of sp³-hybridized carbons (Fsp3) is 0.929. The van der Waals surface area contributed by atoms with Crippen LogP contribution in [0, 0.1) is 5.92 Å². The molecule has 2 aliphatic carbocycles. The molecule has 102 valence electrons. The number of amides is 1. The maximum absolute atomic E-state index is 12.5. The van der Waals surface area contributed by atoms with E-state index in [4.69, 9.17) is 0 Å². The highest BCUT2D eigenvalue weighted by Gasteiger charge is 2.53. The number of rotatable bonds is 2. The van der Waals surface area contributed by atoms with Gasteiger partial charge in [-0.3, -0.25) is 4.79 Å². The summed E-state index contributed by atoms with van der Waals surface area (Å²) in [5, 5.41) is 20.4. The van der Waals surface area contributed by atoms with Crippen molar-refractivity contribution >= 4 is 5.91 Å². The molecule has 1 saturated heterocycles. The average molecular weight is 253 g/mol. The number of likely N-dealkylation sites (tertiary alicyclic amines) is 1. The standard InChI is InChI=1S/C14H23NO3/c16-11-6-9-15(14(11)7-1-2-8-14)13(18)12(17)10-4-3-5-10/h10-12,16-17H,1-9H2. The van der Waals surface area contributed by atoms with Crippen LogP contribution in [0.3, 0.4) is 0 Å². The van der Waals surface area contributed by atoms with Gasteiger partial charge >= 0.3 is 0 Å². The predicted molar refractivity (Wildman–Crippen MR) is 66.9 cm³/mol. The molecule has 1 spiro atoms. The summed E-state index contributed by atoms with van der Waals surface area (Å²) in [5.74, 6) is 0.0341. The zero-order valence-corrected chi connectivity index (χ0v) is 10.8. The summed E-state index contributed by atoms with van der Waals surface area (Å²) in [5.41, 5.74) is -0.345. The van der Waals surface area contributed by atoms with Crippen LogP contribution in [0.1, 0.15) is 51.4 Å². The van der Waals surface area contributed by atoms with Crippen molar-refractivity contribution < 1.29 is 15.0 Å². The summed E-state index contributed by atoms with van der Waals surface area (Å²) in [6.07, 6.45) is 6.48. The first-order valence-electron chi connectivity index (χ1n) is 7.33. The third kappa shape index (κ3) is 1.69. The summed E-state index contributed by atoms with van der Waals surface area (Å²) in [4.78, 5) is 14.3. The normalized spacial score (nSPS) is 32.8. The van der Waals surface area contributed by atoms with Crippen molar-refractivity contribution in [3.05, 3.63) is 0 Å². The molecule has 2 atom stereocenters. The van der Waals surface area contributed by atoms with Gasteiger partial charge in [0.2, 0.25) is 0 Å². The van der Waals surface area contributed by atoms with Gasteiger partial charge in [0.05, 0.1) is 11.6 Å². The molecule has 0 radical (unpaired) electrons. The molecule has 1 amide bonds. The first-order valence-corrected chi connectivity index (χ1v) is 7.33. The molecule has 3 aliphatic rings. The second kappa shape index (κ2) is 4.49. The molecule has 0 aromatic carbocycles. The highest BCUT2D eigenvalue weighted by Crippen LogP contribution is 2.44. The van der Waals surface area contributed by atoms with Crippen LogP contribution in [-0.4, -0.2) is 45.3 Å². The maximum Gasteiger partial charge on any atom is 0.252 e. The van der Waals surface area contributed by atoms with Crippen LogP contribution in [0.15, 0.2) is 0 Å². The Morgan fingerprint density at radius 1 is 1.17 bits per heavy atom. The monoisotopic (exact) mass is 253 g/mol. The van der Waals surface area contributed by atoms with Crippen LogP contribution in [0.4, 0.5) is 0 Å². The second-order valence-electron chi connectivity index (χ2n) is 6.24. The largest absolute Gasteiger partial charge is 0.391 e. The zero-order valence-electron chi connectivity index (χ0n) is 10.8. The Labute approximate surface area is 108 Å². The second-order valence-corrected chi connectivity index (χ2v) is 6.24. The number of carbonyl (C=O) groups excluding carboxylic acids is 1. The molecule has 18 heavy (non-hydrogen) atoms. The molecule has 2 N–H and O–H groups in total. The predicted octanol–water partition coefficient (Wildman–Crippen LogP) is 1.05. The Hall–Kier alpha value is -0.610. The van der Waals surface area contributed by atoms with Gasteiger partial charge in [-0.2, -0.15) is 0 Å². The van der Waals surface area contributed by atoms with Crippen molar-refractivity contribution in [2.75, 3.05) is 6.54 Å². The van der Waals surface area contributed by atoms with E-state index in [2.05, 4.69) is 0 Å². The number of hydrogen-bond donors (Lipinski definition) is 2. The number of nitrogens with zero attached hydrogens (tertiary/aromatic N) is 1. The average Bonchev–Trinajstić information content (AvgIpc) is 2.87. The van der Waals surface area contributed by atoms with E-state index < -0.39 is 12.2 Å². The van der Waals surface area contributed by atoms with Gasteiger partial charge in [0.1, 0.15) is 6.10 Å². The fourth-order valence-electron chi connectivity index (χ4n) is 3.96. The quantitative estimate of drug-likeness (QED) is 0.773. The van der Waals surface area contributed by atoms with Gasteiger partial charge < -0.3 is 15.1 Å². The maximum atomic E-state index is 12.5. The van der Waals surface area contributed by atoms with E-state index in [9.17, 15) is 15.0 Å². The van der Waals surface area contributed by atoms with Crippen molar-refractivity contribution in [1.29, 1.82) is 0 Å². The van der Waals surface area contributed by atoms with Crippen LogP contribution in [-0.2, 0) is 4.79 Å². The van der Waals surface area contributed by atoms with Crippen LogP contribution in [0.25, 0.3) is 0 Å². The molecule has 0 aromatic heterocycles. The van der Waals surface area contributed by atoms with Gasteiger partial charge in [0.25, 0.3) is 5.91 Å². The Kier molecular flexibility index (Phi) is 3.10. The molecular weight excluding hydrogens is 230 g/mol. The highest BCUT2D eigenvalue weighted by molar-refractivity contribution is 5.82. The van der Waals surface area contributed by atoms with E-state index in [1.54, 1.807) is 0 Å². The Morgan fingerprint density at radius 3 is 2.39 bits per heavy atom. The molecule has 2 unspecified atom stereocenters. The lowest BCUT2D eigenvalue weighted by molar-refractivity contribution is -0.151.